The fourth-order valence-electron chi connectivity index (χ4n) is 2.67. The van der Waals surface area contributed by atoms with Crippen molar-refractivity contribution in [2.75, 3.05) is 6.61 Å². The first-order valence-electron chi connectivity index (χ1n) is 7.58. The van der Waals surface area contributed by atoms with Crippen molar-refractivity contribution in [3.63, 3.8) is 0 Å². The van der Waals surface area contributed by atoms with Gasteiger partial charge in [-0.25, -0.2) is 9.67 Å². The third-order valence-electron chi connectivity index (χ3n) is 3.85. The number of hydrogen-bond acceptors (Lipinski definition) is 5. The molecule has 3 rings (SSSR count). The topological polar surface area (TPSA) is 92.3 Å². The predicted molar refractivity (Wildman–Crippen MR) is 79.9 cm³/mol. The first-order valence-corrected chi connectivity index (χ1v) is 7.58. The zero-order chi connectivity index (χ0) is 18.8. The average Bonchev–Trinajstić information content (AvgIpc) is 3.08. The van der Waals surface area contributed by atoms with Crippen LogP contribution in [0.5, 0.6) is 5.88 Å². The standard InChI is InChI=1S/C15H14F4N4O3/c16-14(17)23-5-7(4-21-23)10-3-11(12(20)24)22-13-9(10)2-1-8(26-13)6-25-15(18)19/h3-5,8,14-15H,1-2,6H2,(H2,20,24)/t8-/m0/s1. The molecule has 11 heteroatoms. The summed E-state index contributed by atoms with van der Waals surface area (Å²) in [4.78, 5) is 15.5. The third-order valence-corrected chi connectivity index (χ3v) is 3.85. The summed E-state index contributed by atoms with van der Waals surface area (Å²) in [5, 5.41) is 3.57. The van der Waals surface area contributed by atoms with Crippen LogP contribution in [0.25, 0.3) is 11.1 Å². The second kappa shape index (κ2) is 7.28. The lowest BCUT2D eigenvalue weighted by Gasteiger charge is -2.26. The van der Waals surface area contributed by atoms with Gasteiger partial charge in [0.2, 0.25) is 5.88 Å². The van der Waals surface area contributed by atoms with E-state index in [1.807, 2.05) is 0 Å². The van der Waals surface area contributed by atoms with Gasteiger partial charge in [0.05, 0.1) is 12.8 Å². The van der Waals surface area contributed by atoms with Crippen LogP contribution in [0.4, 0.5) is 17.6 Å². The fourth-order valence-corrected chi connectivity index (χ4v) is 2.67. The van der Waals surface area contributed by atoms with Gasteiger partial charge in [0.15, 0.2) is 0 Å². The monoisotopic (exact) mass is 374 g/mol. The Balaban J connectivity index is 1.96. The van der Waals surface area contributed by atoms with E-state index in [0.29, 0.717) is 34.2 Å². The highest BCUT2D eigenvalue weighted by Gasteiger charge is 2.27. The van der Waals surface area contributed by atoms with Gasteiger partial charge in [0, 0.05) is 17.3 Å². The van der Waals surface area contributed by atoms with E-state index in [1.165, 1.54) is 12.3 Å². The van der Waals surface area contributed by atoms with Crippen molar-refractivity contribution in [2.45, 2.75) is 32.1 Å². The van der Waals surface area contributed by atoms with Crippen molar-refractivity contribution in [1.82, 2.24) is 14.8 Å². The molecule has 1 aliphatic heterocycles. The number of nitrogens with two attached hydrogens (primary N) is 1. The molecule has 7 nitrogen and oxygen atoms in total. The molecule has 26 heavy (non-hydrogen) atoms. The van der Waals surface area contributed by atoms with Gasteiger partial charge in [-0.2, -0.15) is 22.7 Å². The zero-order valence-corrected chi connectivity index (χ0v) is 13.2. The number of amides is 1. The molecule has 1 atom stereocenters. The summed E-state index contributed by atoms with van der Waals surface area (Å²) in [5.74, 6) is -0.805. The molecule has 0 saturated heterocycles. The molecule has 0 spiro atoms. The highest BCUT2D eigenvalue weighted by molar-refractivity contribution is 5.92. The van der Waals surface area contributed by atoms with Crippen molar-refractivity contribution >= 4 is 5.91 Å². The van der Waals surface area contributed by atoms with Gasteiger partial charge in [-0.3, -0.25) is 4.79 Å². The van der Waals surface area contributed by atoms with Crippen LogP contribution in [0.15, 0.2) is 18.5 Å². The molecule has 1 aliphatic rings. The Labute approximate surface area is 144 Å². The van der Waals surface area contributed by atoms with E-state index in [9.17, 15) is 22.4 Å². The van der Waals surface area contributed by atoms with Crippen molar-refractivity contribution in [3.05, 3.63) is 29.7 Å². The quantitative estimate of drug-likeness (QED) is 0.784. The number of fused-ring (bicyclic) bond motifs is 1. The minimum atomic E-state index is -2.93. The molecule has 0 unspecified atom stereocenters. The molecule has 0 aliphatic carbocycles. The van der Waals surface area contributed by atoms with E-state index in [0.717, 1.165) is 6.20 Å². The second-order valence-corrected chi connectivity index (χ2v) is 5.56. The number of alkyl halides is 4. The molecule has 2 N–H and O–H groups in total. The van der Waals surface area contributed by atoms with Crippen LogP contribution >= 0.6 is 0 Å². The lowest BCUT2D eigenvalue weighted by molar-refractivity contribution is -0.146. The molecular formula is C15H14F4N4O3. The summed E-state index contributed by atoms with van der Waals surface area (Å²) in [6.07, 6.45) is 2.39. The number of carbonyl (C=O) groups excluding carboxylic acids is 1. The molecule has 2 aromatic rings. The number of halogens is 4. The number of ether oxygens (including phenoxy) is 2. The van der Waals surface area contributed by atoms with Gasteiger partial charge in [-0.1, -0.05) is 0 Å². The van der Waals surface area contributed by atoms with Crippen molar-refractivity contribution in [3.8, 4) is 17.0 Å². The number of aromatic nitrogens is 3. The van der Waals surface area contributed by atoms with Crippen LogP contribution in [0, 0.1) is 0 Å². The molecule has 3 heterocycles. The highest BCUT2D eigenvalue weighted by atomic mass is 19.3. The summed E-state index contributed by atoms with van der Waals surface area (Å²) in [7, 11) is 0. The fraction of sp³-hybridized carbons (Fsp3) is 0.400. The molecule has 0 bridgehead atoms. The summed E-state index contributed by atoms with van der Waals surface area (Å²) in [5.41, 5.74) is 6.42. The zero-order valence-electron chi connectivity index (χ0n) is 13.2. The van der Waals surface area contributed by atoms with Gasteiger partial charge in [0.25, 0.3) is 5.91 Å². The normalized spacial score (nSPS) is 16.6. The Morgan fingerprint density at radius 2 is 2.19 bits per heavy atom. The van der Waals surface area contributed by atoms with Crippen LogP contribution in [0.1, 0.15) is 29.0 Å². The SMILES string of the molecule is NC(=O)c1cc(-c2cnn(C(F)F)c2)c2c(n1)O[C@H](COC(F)F)CC2. The lowest BCUT2D eigenvalue weighted by Crippen LogP contribution is -2.30. The molecule has 140 valence electrons. The number of nitrogens with zero attached hydrogens (tertiary/aromatic N) is 3. The smallest absolute Gasteiger partial charge is 0.345 e. The summed E-state index contributed by atoms with van der Waals surface area (Å²) >= 11 is 0. The maximum Gasteiger partial charge on any atom is 0.345 e. The number of carbonyl (C=O) groups is 1. The summed E-state index contributed by atoms with van der Waals surface area (Å²) in [6, 6.07) is 1.37. The van der Waals surface area contributed by atoms with Crippen LogP contribution < -0.4 is 10.5 Å². The molecule has 2 aromatic heterocycles. The summed E-state index contributed by atoms with van der Waals surface area (Å²) < 4.78 is 60.1. The van der Waals surface area contributed by atoms with Crippen molar-refractivity contribution in [1.29, 1.82) is 0 Å². The number of hydrogen-bond donors (Lipinski definition) is 1. The molecular weight excluding hydrogens is 360 g/mol. The molecule has 0 fully saturated rings. The van der Waals surface area contributed by atoms with Gasteiger partial charge >= 0.3 is 13.2 Å². The van der Waals surface area contributed by atoms with E-state index in [-0.39, 0.29) is 18.2 Å². The van der Waals surface area contributed by atoms with Crippen LogP contribution in [0.3, 0.4) is 0 Å². The van der Waals surface area contributed by atoms with E-state index >= 15 is 0 Å². The third kappa shape index (κ3) is 3.77. The van der Waals surface area contributed by atoms with Crippen molar-refractivity contribution in [2.24, 2.45) is 5.73 Å². The minimum absolute atomic E-state index is 0.0372. The number of rotatable bonds is 6. The molecule has 0 aromatic carbocycles. The highest BCUT2D eigenvalue weighted by Crippen LogP contribution is 2.35. The van der Waals surface area contributed by atoms with Crippen LogP contribution in [-0.4, -0.2) is 40.0 Å². The average molecular weight is 374 g/mol. The Hall–Kier alpha value is -2.69. The van der Waals surface area contributed by atoms with E-state index in [2.05, 4.69) is 14.8 Å². The Bertz CT molecular complexity index is 812. The second-order valence-electron chi connectivity index (χ2n) is 5.56. The van der Waals surface area contributed by atoms with Crippen molar-refractivity contribution < 1.29 is 31.8 Å². The van der Waals surface area contributed by atoms with Gasteiger partial charge in [-0.15, -0.1) is 0 Å². The van der Waals surface area contributed by atoms with Gasteiger partial charge in [0.1, 0.15) is 11.8 Å². The lowest BCUT2D eigenvalue weighted by atomic mass is 9.96. The van der Waals surface area contributed by atoms with Crippen LogP contribution in [-0.2, 0) is 11.2 Å². The largest absolute Gasteiger partial charge is 0.472 e. The van der Waals surface area contributed by atoms with E-state index < -0.39 is 25.2 Å². The maximum atomic E-state index is 12.8. The molecule has 1 amide bonds. The van der Waals surface area contributed by atoms with Gasteiger partial charge in [-0.05, 0) is 24.5 Å². The maximum absolute atomic E-state index is 12.8. The molecule has 0 saturated carbocycles. The Kier molecular flexibility index (Phi) is 5.07. The van der Waals surface area contributed by atoms with E-state index in [1.54, 1.807) is 0 Å². The minimum Gasteiger partial charge on any atom is -0.472 e. The van der Waals surface area contributed by atoms with Crippen LogP contribution in [0.2, 0.25) is 0 Å². The first-order chi connectivity index (χ1) is 12.3. The Morgan fingerprint density at radius 3 is 2.81 bits per heavy atom. The number of primary amides is 1. The predicted octanol–water partition coefficient (Wildman–Crippen LogP) is 2.37. The Morgan fingerprint density at radius 1 is 1.42 bits per heavy atom. The first kappa shape index (κ1) is 18.1. The molecule has 0 radical (unpaired) electrons. The van der Waals surface area contributed by atoms with E-state index in [4.69, 9.17) is 10.5 Å². The summed E-state index contributed by atoms with van der Waals surface area (Å²) in [6.45, 7) is -6.09. The number of pyridine rings is 1. The van der Waals surface area contributed by atoms with Gasteiger partial charge < -0.3 is 15.2 Å².